The molecule has 0 aliphatic rings. The quantitative estimate of drug-likeness (QED) is 0.249. The van der Waals surface area contributed by atoms with Crippen molar-refractivity contribution in [2.75, 3.05) is 0 Å². The number of benzene rings is 3. The van der Waals surface area contributed by atoms with Crippen molar-refractivity contribution in [3.8, 4) is 11.4 Å². The summed E-state index contributed by atoms with van der Waals surface area (Å²) >= 11 is 0. The van der Waals surface area contributed by atoms with Crippen LogP contribution >= 0.6 is 0 Å². The Bertz CT molecular complexity index is 1490. The van der Waals surface area contributed by atoms with E-state index in [0.29, 0.717) is 17.1 Å². The van der Waals surface area contributed by atoms with Crippen molar-refractivity contribution in [1.82, 2.24) is 15.0 Å². The molecule has 196 valence electrons. The van der Waals surface area contributed by atoms with Gasteiger partial charge < -0.3 is 9.84 Å². The summed E-state index contributed by atoms with van der Waals surface area (Å²) < 4.78 is 48.2. The molecule has 0 radical (unpaired) electrons. The van der Waals surface area contributed by atoms with Crippen molar-refractivity contribution in [3.63, 3.8) is 0 Å². The molecule has 1 aromatic heterocycles. The molecule has 1 heterocycles. The maximum Gasteiger partial charge on any atom is 0.418 e. The zero-order chi connectivity index (χ0) is 27.4. The van der Waals surface area contributed by atoms with Crippen molar-refractivity contribution in [1.29, 1.82) is 0 Å². The van der Waals surface area contributed by atoms with E-state index < -0.39 is 17.7 Å². The Hall–Kier alpha value is -4.40. The van der Waals surface area contributed by atoms with Gasteiger partial charge in [-0.05, 0) is 65.9 Å². The Morgan fingerprint density at radius 2 is 1.82 bits per heavy atom. The summed E-state index contributed by atoms with van der Waals surface area (Å²) in [4.78, 5) is 11.2. The minimum atomic E-state index is -4.55. The standard InChI is InChI=1S/C29H26F3N3O3/c1-18(2)27-26(35(34-33-27)25-10-5-4-9-24(25)29(30,31)32)17-38-23-14-13-21(19(3)15-23)12-11-20-7-6-8-22(16-20)28(36)37/h4-16,18H,17H2,1-3H3,(H,36,37)/b12-11+. The van der Waals surface area contributed by atoms with Gasteiger partial charge >= 0.3 is 12.1 Å². The Morgan fingerprint density at radius 1 is 1.05 bits per heavy atom. The second kappa shape index (κ2) is 10.9. The first-order chi connectivity index (χ1) is 18.0. The number of hydrogen-bond donors (Lipinski definition) is 1. The van der Waals surface area contributed by atoms with Gasteiger partial charge in [0.15, 0.2) is 0 Å². The van der Waals surface area contributed by atoms with Crippen molar-refractivity contribution in [2.24, 2.45) is 0 Å². The highest BCUT2D eigenvalue weighted by atomic mass is 19.4. The molecule has 0 saturated carbocycles. The lowest BCUT2D eigenvalue weighted by atomic mass is 10.1. The molecular weight excluding hydrogens is 495 g/mol. The van der Waals surface area contributed by atoms with Crippen molar-refractivity contribution >= 4 is 18.1 Å². The van der Waals surface area contributed by atoms with Crippen molar-refractivity contribution in [2.45, 2.75) is 39.5 Å². The molecule has 4 rings (SSSR count). The van der Waals surface area contributed by atoms with Gasteiger partial charge in [-0.15, -0.1) is 5.10 Å². The Kier molecular flexibility index (Phi) is 7.66. The number of aromatic nitrogens is 3. The Morgan fingerprint density at radius 3 is 2.50 bits per heavy atom. The van der Waals surface area contributed by atoms with Crippen LogP contribution in [0, 0.1) is 6.92 Å². The molecule has 4 aromatic rings. The summed E-state index contributed by atoms with van der Waals surface area (Å²) in [5.74, 6) is -0.523. The maximum atomic E-state index is 13.7. The van der Waals surface area contributed by atoms with Gasteiger partial charge in [0, 0.05) is 0 Å². The van der Waals surface area contributed by atoms with E-state index in [0.717, 1.165) is 22.8 Å². The largest absolute Gasteiger partial charge is 0.487 e. The molecule has 6 nitrogen and oxygen atoms in total. The number of nitrogens with zero attached hydrogens (tertiary/aromatic N) is 3. The van der Waals surface area contributed by atoms with E-state index in [1.807, 2.05) is 51.1 Å². The molecule has 38 heavy (non-hydrogen) atoms. The molecule has 0 spiro atoms. The van der Waals surface area contributed by atoms with Gasteiger partial charge in [0.25, 0.3) is 0 Å². The highest BCUT2D eigenvalue weighted by molar-refractivity contribution is 5.88. The molecule has 0 aliphatic carbocycles. The molecule has 0 bridgehead atoms. The predicted molar refractivity (Wildman–Crippen MR) is 138 cm³/mol. The molecule has 3 aromatic carbocycles. The molecule has 9 heteroatoms. The fraction of sp³-hybridized carbons (Fsp3) is 0.207. The van der Waals surface area contributed by atoms with Crippen LogP contribution in [0.25, 0.3) is 17.8 Å². The summed E-state index contributed by atoms with van der Waals surface area (Å²) in [5, 5.41) is 17.4. The lowest BCUT2D eigenvalue weighted by Crippen LogP contribution is -2.14. The van der Waals surface area contributed by atoms with Gasteiger partial charge in [0.1, 0.15) is 18.1 Å². The number of ether oxygens (including phenoxy) is 1. The van der Waals surface area contributed by atoms with Crippen LogP contribution in [0.5, 0.6) is 5.75 Å². The Balaban J connectivity index is 1.57. The van der Waals surface area contributed by atoms with Crippen LogP contribution in [0.2, 0.25) is 0 Å². The van der Waals surface area contributed by atoms with E-state index in [4.69, 9.17) is 9.84 Å². The lowest BCUT2D eigenvalue weighted by Gasteiger charge is -2.16. The normalized spacial score (nSPS) is 11.9. The molecule has 0 saturated heterocycles. The number of carboxylic acid groups (broad SMARTS) is 1. The van der Waals surface area contributed by atoms with Gasteiger partial charge in [-0.25, -0.2) is 9.48 Å². The minimum absolute atomic E-state index is 0.0245. The summed E-state index contributed by atoms with van der Waals surface area (Å²) in [6, 6.07) is 17.3. The first-order valence-electron chi connectivity index (χ1n) is 11.9. The second-order valence-corrected chi connectivity index (χ2v) is 9.07. The summed E-state index contributed by atoms with van der Waals surface area (Å²) in [6.07, 6.45) is -0.843. The maximum absolute atomic E-state index is 13.7. The van der Waals surface area contributed by atoms with Crippen LogP contribution in [0.15, 0.2) is 66.7 Å². The summed E-state index contributed by atoms with van der Waals surface area (Å²) in [5.41, 5.74) is 2.87. The number of carboxylic acids is 1. The average molecular weight is 522 g/mol. The summed E-state index contributed by atoms with van der Waals surface area (Å²) in [7, 11) is 0. The van der Waals surface area contributed by atoms with E-state index in [1.165, 1.54) is 28.9 Å². The average Bonchev–Trinajstić information content (AvgIpc) is 3.31. The third-order valence-electron chi connectivity index (χ3n) is 5.98. The molecular formula is C29H26F3N3O3. The molecule has 0 fully saturated rings. The van der Waals surface area contributed by atoms with E-state index in [2.05, 4.69) is 10.3 Å². The first kappa shape index (κ1) is 26.7. The number of halogens is 3. The molecule has 0 amide bonds. The number of hydrogen-bond acceptors (Lipinski definition) is 4. The topological polar surface area (TPSA) is 77.2 Å². The number of para-hydroxylation sites is 1. The summed E-state index contributed by atoms with van der Waals surface area (Å²) in [6.45, 7) is 5.67. The molecule has 0 atom stereocenters. The minimum Gasteiger partial charge on any atom is -0.487 e. The highest BCUT2D eigenvalue weighted by Gasteiger charge is 2.35. The van der Waals surface area contributed by atoms with Crippen LogP contribution in [0.4, 0.5) is 13.2 Å². The van der Waals surface area contributed by atoms with E-state index >= 15 is 0 Å². The van der Waals surface area contributed by atoms with Crippen LogP contribution in [0.1, 0.15) is 63.8 Å². The van der Waals surface area contributed by atoms with Crippen LogP contribution in [0.3, 0.4) is 0 Å². The molecule has 1 N–H and O–H groups in total. The predicted octanol–water partition coefficient (Wildman–Crippen LogP) is 7.17. The highest BCUT2D eigenvalue weighted by Crippen LogP contribution is 2.34. The van der Waals surface area contributed by atoms with E-state index in [1.54, 1.807) is 18.2 Å². The smallest absolute Gasteiger partial charge is 0.418 e. The fourth-order valence-electron chi connectivity index (χ4n) is 4.03. The van der Waals surface area contributed by atoms with Crippen LogP contribution in [-0.2, 0) is 12.8 Å². The second-order valence-electron chi connectivity index (χ2n) is 9.07. The number of aryl methyl sites for hydroxylation is 1. The number of carbonyl (C=O) groups is 1. The van der Waals surface area contributed by atoms with Crippen LogP contribution in [-0.4, -0.2) is 26.1 Å². The van der Waals surface area contributed by atoms with Crippen molar-refractivity contribution in [3.05, 3.63) is 106 Å². The van der Waals surface area contributed by atoms with Gasteiger partial charge in [-0.2, -0.15) is 13.2 Å². The molecule has 0 unspecified atom stereocenters. The first-order valence-corrected chi connectivity index (χ1v) is 11.9. The Labute approximate surface area is 218 Å². The lowest BCUT2D eigenvalue weighted by molar-refractivity contribution is -0.137. The third-order valence-corrected chi connectivity index (χ3v) is 5.98. The third kappa shape index (κ3) is 5.94. The molecule has 0 aliphatic heterocycles. The monoisotopic (exact) mass is 521 g/mol. The van der Waals surface area contributed by atoms with E-state index in [-0.39, 0.29) is 23.8 Å². The zero-order valence-electron chi connectivity index (χ0n) is 21.0. The van der Waals surface area contributed by atoms with Crippen molar-refractivity contribution < 1.29 is 27.8 Å². The SMILES string of the molecule is Cc1cc(OCc2c(C(C)C)nnn2-c2ccccc2C(F)(F)F)ccc1/C=C/c1cccc(C(=O)O)c1. The number of rotatable bonds is 8. The van der Waals surface area contributed by atoms with E-state index in [9.17, 15) is 18.0 Å². The van der Waals surface area contributed by atoms with Gasteiger partial charge in [0.2, 0.25) is 0 Å². The van der Waals surface area contributed by atoms with Gasteiger partial charge in [-0.1, -0.05) is 61.5 Å². The zero-order valence-corrected chi connectivity index (χ0v) is 21.0. The number of aromatic carboxylic acids is 1. The number of alkyl halides is 3. The van der Waals surface area contributed by atoms with Crippen LogP contribution < -0.4 is 4.74 Å². The van der Waals surface area contributed by atoms with Gasteiger partial charge in [-0.3, -0.25) is 0 Å². The fourth-order valence-corrected chi connectivity index (χ4v) is 4.03. The van der Waals surface area contributed by atoms with Gasteiger partial charge in [0.05, 0.1) is 22.5 Å².